The largest absolute Gasteiger partial charge is 0.246 e. The molecule has 1 nitrogen and oxygen atoms in total. The van der Waals surface area contributed by atoms with Crippen LogP contribution in [0.5, 0.6) is 0 Å². The second-order valence-electron chi connectivity index (χ2n) is 4.17. The molecular weight excluding hydrogens is 250 g/mol. The van der Waals surface area contributed by atoms with E-state index >= 15 is 0 Å². The molecule has 0 radical (unpaired) electrons. The van der Waals surface area contributed by atoms with Crippen molar-refractivity contribution >= 4 is 38.7 Å². The fourth-order valence-electron chi connectivity index (χ4n) is 1.87. The van der Waals surface area contributed by atoms with Crippen LogP contribution in [-0.2, 0) is 0 Å². The number of rotatable bonds is 3. The van der Waals surface area contributed by atoms with Crippen LogP contribution in [0.25, 0.3) is 16.2 Å². The molecule has 3 rings (SSSR count). The van der Waals surface area contributed by atoms with Crippen molar-refractivity contribution in [1.82, 2.24) is 0 Å². The molecular formula is C17H13NS. The van der Waals surface area contributed by atoms with Crippen molar-refractivity contribution in [1.29, 1.82) is 0 Å². The first-order valence-corrected chi connectivity index (χ1v) is 6.98. The monoisotopic (exact) mass is 263 g/mol. The summed E-state index contributed by atoms with van der Waals surface area (Å²) in [5, 5.41) is 2.30. The van der Waals surface area contributed by atoms with Crippen molar-refractivity contribution in [2.24, 2.45) is 4.99 Å². The van der Waals surface area contributed by atoms with Crippen molar-refractivity contribution in [3.8, 4) is 0 Å². The quantitative estimate of drug-likeness (QED) is 0.567. The topological polar surface area (TPSA) is 12.4 Å². The number of hydrogen-bond donors (Lipinski definition) is 0. The van der Waals surface area contributed by atoms with Gasteiger partial charge in [0.15, 0.2) is 0 Å². The van der Waals surface area contributed by atoms with Gasteiger partial charge in [0.2, 0.25) is 0 Å². The lowest BCUT2D eigenvalue weighted by Gasteiger charge is -1.88. The maximum Gasteiger partial charge on any atom is 0.117 e. The molecule has 1 heterocycles. The predicted molar refractivity (Wildman–Crippen MR) is 85.5 cm³/mol. The highest BCUT2D eigenvalue weighted by Gasteiger charge is 1.97. The molecule has 0 bridgehead atoms. The van der Waals surface area contributed by atoms with Crippen LogP contribution in [-0.4, -0.2) is 6.21 Å². The summed E-state index contributed by atoms with van der Waals surface area (Å²) < 4.78 is 1.28. The Morgan fingerprint density at radius 1 is 0.895 bits per heavy atom. The summed E-state index contributed by atoms with van der Waals surface area (Å²) in [5.74, 6) is 0. The molecule has 0 saturated heterocycles. The summed E-state index contributed by atoms with van der Waals surface area (Å²) >= 11 is 1.71. The van der Waals surface area contributed by atoms with Crippen LogP contribution in [0.15, 0.2) is 71.7 Å². The molecule has 0 N–H and O–H groups in total. The van der Waals surface area contributed by atoms with Gasteiger partial charge in [0.25, 0.3) is 0 Å². The third-order valence-corrected chi connectivity index (χ3v) is 3.81. The van der Waals surface area contributed by atoms with Crippen molar-refractivity contribution in [3.63, 3.8) is 0 Å². The van der Waals surface area contributed by atoms with Gasteiger partial charge in [0, 0.05) is 10.9 Å². The van der Waals surface area contributed by atoms with E-state index in [0.29, 0.717) is 0 Å². The molecule has 0 aliphatic rings. The van der Waals surface area contributed by atoms with E-state index in [9.17, 15) is 0 Å². The summed E-state index contributed by atoms with van der Waals surface area (Å²) in [7, 11) is 0. The highest BCUT2D eigenvalue weighted by Crippen LogP contribution is 2.31. The normalized spacial score (nSPS) is 11.8. The van der Waals surface area contributed by atoms with Crippen molar-refractivity contribution in [3.05, 3.63) is 72.3 Å². The molecule has 0 spiro atoms. The average molecular weight is 263 g/mol. The number of fused-ring (bicyclic) bond motifs is 1. The standard InChI is InChI=1S/C17H13NS/c1-2-7-14(8-3-1)9-6-12-18-17-13-15-10-4-5-11-16(15)19-17/h1-13H/b9-6+,18-12+. The first-order valence-electron chi connectivity index (χ1n) is 6.16. The summed E-state index contributed by atoms with van der Waals surface area (Å²) in [6, 6.07) is 20.7. The van der Waals surface area contributed by atoms with Gasteiger partial charge in [-0.05, 0) is 29.2 Å². The minimum absolute atomic E-state index is 1.04. The van der Waals surface area contributed by atoms with Crippen LogP contribution in [0.1, 0.15) is 5.56 Å². The van der Waals surface area contributed by atoms with Gasteiger partial charge in [0.05, 0.1) is 0 Å². The molecule has 3 aromatic rings. The van der Waals surface area contributed by atoms with Crippen molar-refractivity contribution in [2.45, 2.75) is 0 Å². The zero-order chi connectivity index (χ0) is 12.9. The first kappa shape index (κ1) is 11.9. The van der Waals surface area contributed by atoms with E-state index in [1.807, 2.05) is 30.5 Å². The number of hydrogen-bond acceptors (Lipinski definition) is 2. The van der Waals surface area contributed by atoms with E-state index in [-0.39, 0.29) is 0 Å². The van der Waals surface area contributed by atoms with E-state index in [1.54, 1.807) is 11.3 Å². The van der Waals surface area contributed by atoms with Crippen molar-refractivity contribution < 1.29 is 0 Å². The Morgan fingerprint density at radius 3 is 2.53 bits per heavy atom. The third-order valence-electron chi connectivity index (χ3n) is 2.79. The second kappa shape index (κ2) is 5.63. The van der Waals surface area contributed by atoms with Crippen LogP contribution in [0.3, 0.4) is 0 Å². The number of nitrogens with zero attached hydrogens (tertiary/aromatic N) is 1. The molecule has 0 amide bonds. The van der Waals surface area contributed by atoms with E-state index < -0.39 is 0 Å². The summed E-state index contributed by atoms with van der Waals surface area (Å²) in [6.45, 7) is 0. The van der Waals surface area contributed by atoms with E-state index in [2.05, 4.69) is 53.5 Å². The van der Waals surface area contributed by atoms with Crippen LogP contribution >= 0.6 is 11.3 Å². The van der Waals surface area contributed by atoms with E-state index in [0.717, 1.165) is 5.00 Å². The minimum atomic E-state index is 1.04. The summed E-state index contributed by atoms with van der Waals surface area (Å²) in [5.41, 5.74) is 1.19. The smallest absolute Gasteiger partial charge is 0.117 e. The Morgan fingerprint density at radius 2 is 1.68 bits per heavy atom. The average Bonchev–Trinajstić information content (AvgIpc) is 2.87. The highest BCUT2D eigenvalue weighted by molar-refractivity contribution is 7.22. The van der Waals surface area contributed by atoms with Crippen LogP contribution < -0.4 is 0 Å². The van der Waals surface area contributed by atoms with Crippen molar-refractivity contribution in [2.75, 3.05) is 0 Å². The molecule has 1 aromatic heterocycles. The lowest BCUT2D eigenvalue weighted by molar-refractivity contribution is 1.65. The molecule has 2 aromatic carbocycles. The van der Waals surface area contributed by atoms with Crippen LogP contribution in [0, 0.1) is 0 Å². The van der Waals surface area contributed by atoms with Crippen LogP contribution in [0.4, 0.5) is 5.00 Å². The van der Waals surface area contributed by atoms with Gasteiger partial charge in [-0.25, -0.2) is 4.99 Å². The van der Waals surface area contributed by atoms with Gasteiger partial charge >= 0.3 is 0 Å². The lowest BCUT2D eigenvalue weighted by Crippen LogP contribution is -1.68. The highest BCUT2D eigenvalue weighted by atomic mass is 32.1. The van der Waals surface area contributed by atoms with Gasteiger partial charge in [-0.1, -0.05) is 54.6 Å². The minimum Gasteiger partial charge on any atom is -0.246 e. The Bertz CT molecular complexity index is 690. The molecule has 0 aliphatic carbocycles. The number of benzene rings is 2. The molecule has 92 valence electrons. The molecule has 0 fully saturated rings. The lowest BCUT2D eigenvalue weighted by atomic mass is 10.2. The van der Waals surface area contributed by atoms with Gasteiger partial charge < -0.3 is 0 Å². The SMILES string of the molecule is C(=C\c1ccccc1)/C=N/c1cc2ccccc2s1. The van der Waals surface area contributed by atoms with Gasteiger partial charge in [-0.15, -0.1) is 11.3 Å². The first-order chi connectivity index (χ1) is 9.42. The van der Waals surface area contributed by atoms with Crippen LogP contribution in [0.2, 0.25) is 0 Å². The summed E-state index contributed by atoms with van der Waals surface area (Å²) in [4.78, 5) is 4.47. The van der Waals surface area contributed by atoms with Gasteiger partial charge in [-0.3, -0.25) is 0 Å². The summed E-state index contributed by atoms with van der Waals surface area (Å²) in [6.07, 6.45) is 5.87. The fourth-order valence-corrected chi connectivity index (χ4v) is 2.78. The van der Waals surface area contributed by atoms with E-state index in [1.165, 1.54) is 15.6 Å². The maximum absolute atomic E-state index is 4.47. The predicted octanol–water partition coefficient (Wildman–Crippen LogP) is 5.32. The molecule has 0 atom stereocenters. The number of thiophene rings is 1. The third kappa shape index (κ3) is 2.98. The Labute approximate surface area is 116 Å². The zero-order valence-corrected chi connectivity index (χ0v) is 11.2. The number of allylic oxidation sites excluding steroid dienone is 1. The molecule has 19 heavy (non-hydrogen) atoms. The Hall–Kier alpha value is -2.19. The zero-order valence-electron chi connectivity index (χ0n) is 10.4. The molecule has 0 aliphatic heterocycles. The molecule has 0 unspecified atom stereocenters. The molecule has 2 heteroatoms. The van der Waals surface area contributed by atoms with Gasteiger partial charge in [0.1, 0.15) is 5.00 Å². The van der Waals surface area contributed by atoms with Gasteiger partial charge in [-0.2, -0.15) is 0 Å². The number of aliphatic imine (C=N–C) groups is 1. The maximum atomic E-state index is 4.47. The Kier molecular flexibility index (Phi) is 3.52. The van der Waals surface area contributed by atoms with E-state index in [4.69, 9.17) is 0 Å². The Balaban J connectivity index is 1.74. The fraction of sp³-hybridized carbons (Fsp3) is 0. The molecule has 0 saturated carbocycles. The second-order valence-corrected chi connectivity index (χ2v) is 5.23.